The number of hydrogen-bond acceptors (Lipinski definition) is 2. The molecule has 1 heterocycles. The van der Waals surface area contributed by atoms with Crippen molar-refractivity contribution in [3.63, 3.8) is 0 Å². The summed E-state index contributed by atoms with van der Waals surface area (Å²) >= 11 is 0. The van der Waals surface area contributed by atoms with Gasteiger partial charge in [0.1, 0.15) is 11.5 Å². The lowest BCUT2D eigenvalue weighted by molar-refractivity contribution is 0.442. The lowest BCUT2D eigenvalue weighted by atomic mass is 10.1. The Morgan fingerprint density at radius 3 is 2.63 bits per heavy atom. The summed E-state index contributed by atoms with van der Waals surface area (Å²) in [6.07, 6.45) is 4.52. The second-order valence-electron chi connectivity index (χ2n) is 6.82. The van der Waals surface area contributed by atoms with Crippen LogP contribution in [0.4, 0.5) is 0 Å². The van der Waals surface area contributed by atoms with Crippen LogP contribution in [0.3, 0.4) is 0 Å². The number of hydrogen-bond donors (Lipinski definition) is 1. The monoisotopic (exact) mass is 261 g/mol. The molecular formula is C17H27NO. The van der Waals surface area contributed by atoms with Crippen molar-refractivity contribution >= 4 is 6.08 Å². The van der Waals surface area contributed by atoms with Crippen molar-refractivity contribution in [2.75, 3.05) is 6.54 Å². The molecule has 1 aliphatic rings. The van der Waals surface area contributed by atoms with E-state index in [-0.39, 0.29) is 5.54 Å². The smallest absolute Gasteiger partial charge is 0.127 e. The van der Waals surface area contributed by atoms with Crippen molar-refractivity contribution in [2.45, 2.75) is 58.9 Å². The zero-order valence-electron chi connectivity index (χ0n) is 12.9. The van der Waals surface area contributed by atoms with Crippen molar-refractivity contribution in [3.8, 4) is 0 Å². The van der Waals surface area contributed by atoms with Crippen LogP contribution >= 0.6 is 0 Å². The fraction of sp³-hybridized carbons (Fsp3) is 0.647. The summed E-state index contributed by atoms with van der Waals surface area (Å²) in [6.45, 7) is 12.0. The molecule has 1 aromatic rings. The highest BCUT2D eigenvalue weighted by Crippen LogP contribution is 2.47. The first kappa shape index (κ1) is 14.4. The maximum absolute atomic E-state index is 5.94. The first-order chi connectivity index (χ1) is 8.89. The average molecular weight is 261 g/mol. The van der Waals surface area contributed by atoms with E-state index in [1.807, 2.05) is 0 Å². The quantitative estimate of drug-likeness (QED) is 0.839. The van der Waals surface area contributed by atoms with E-state index in [1.54, 1.807) is 0 Å². The van der Waals surface area contributed by atoms with E-state index in [0.717, 1.165) is 30.4 Å². The van der Waals surface area contributed by atoms with Gasteiger partial charge in [0.15, 0.2) is 0 Å². The molecule has 0 spiro atoms. The topological polar surface area (TPSA) is 25.2 Å². The van der Waals surface area contributed by atoms with Gasteiger partial charge in [0.25, 0.3) is 0 Å². The van der Waals surface area contributed by atoms with Crippen LogP contribution in [0.1, 0.15) is 64.9 Å². The highest BCUT2D eigenvalue weighted by molar-refractivity contribution is 5.48. The zero-order valence-corrected chi connectivity index (χ0v) is 12.9. The van der Waals surface area contributed by atoms with Crippen molar-refractivity contribution in [1.82, 2.24) is 5.32 Å². The minimum Gasteiger partial charge on any atom is -0.461 e. The molecule has 1 fully saturated rings. The van der Waals surface area contributed by atoms with Gasteiger partial charge in [-0.3, -0.25) is 0 Å². The third-order valence-corrected chi connectivity index (χ3v) is 3.77. The van der Waals surface area contributed by atoms with Crippen LogP contribution in [0.25, 0.3) is 6.08 Å². The minimum atomic E-state index is 0.159. The van der Waals surface area contributed by atoms with Gasteiger partial charge in [-0.15, -0.1) is 0 Å². The summed E-state index contributed by atoms with van der Waals surface area (Å²) in [7, 11) is 0. The van der Waals surface area contributed by atoms with Crippen molar-refractivity contribution < 1.29 is 4.42 Å². The van der Waals surface area contributed by atoms with Gasteiger partial charge in [-0.05, 0) is 57.7 Å². The van der Waals surface area contributed by atoms with Crippen molar-refractivity contribution in [2.24, 2.45) is 5.92 Å². The Balaban J connectivity index is 1.99. The molecule has 0 bridgehead atoms. The second-order valence-corrected chi connectivity index (χ2v) is 6.82. The van der Waals surface area contributed by atoms with Gasteiger partial charge < -0.3 is 9.73 Å². The molecule has 0 aromatic carbocycles. The van der Waals surface area contributed by atoms with E-state index in [9.17, 15) is 0 Å². The maximum Gasteiger partial charge on any atom is 0.127 e. The molecule has 1 aliphatic carbocycles. The Hall–Kier alpha value is -1.02. The van der Waals surface area contributed by atoms with Gasteiger partial charge in [-0.2, -0.15) is 0 Å². The van der Waals surface area contributed by atoms with Crippen LogP contribution in [0.2, 0.25) is 0 Å². The largest absolute Gasteiger partial charge is 0.461 e. The number of rotatable bonds is 5. The van der Waals surface area contributed by atoms with Crippen LogP contribution in [0, 0.1) is 5.92 Å². The van der Waals surface area contributed by atoms with E-state index in [4.69, 9.17) is 4.42 Å². The molecule has 1 N–H and O–H groups in total. The summed E-state index contributed by atoms with van der Waals surface area (Å²) in [6, 6.07) is 4.25. The molecule has 2 rings (SSSR count). The molecule has 0 amide bonds. The van der Waals surface area contributed by atoms with E-state index >= 15 is 0 Å². The fourth-order valence-electron chi connectivity index (χ4n) is 2.22. The van der Waals surface area contributed by atoms with Gasteiger partial charge in [-0.1, -0.05) is 19.4 Å². The summed E-state index contributed by atoms with van der Waals surface area (Å²) < 4.78 is 5.94. The van der Waals surface area contributed by atoms with E-state index in [2.05, 4.69) is 58.1 Å². The van der Waals surface area contributed by atoms with E-state index in [1.165, 1.54) is 12.0 Å². The average Bonchev–Trinajstić information content (AvgIpc) is 2.88. The molecule has 0 saturated heterocycles. The molecule has 106 valence electrons. The Kier molecular flexibility index (Phi) is 4.19. The standard InChI is InChI=1S/C17H27NO/c1-6-13(11-18-17(3,4)5)10-14-7-8-16(19-14)15-9-12(15)2/h7-8,10,12,15,18H,6,9,11H2,1-5H3. The molecule has 2 atom stereocenters. The Morgan fingerprint density at radius 2 is 2.11 bits per heavy atom. The highest BCUT2D eigenvalue weighted by Gasteiger charge is 2.36. The Bertz CT molecular complexity index is 450. The third kappa shape index (κ3) is 4.24. The minimum absolute atomic E-state index is 0.159. The van der Waals surface area contributed by atoms with Crippen LogP contribution < -0.4 is 5.32 Å². The summed E-state index contributed by atoms with van der Waals surface area (Å²) in [5.41, 5.74) is 1.55. The predicted octanol–water partition coefficient (Wildman–Crippen LogP) is 4.58. The van der Waals surface area contributed by atoms with Gasteiger partial charge in [0.05, 0.1) is 0 Å². The molecule has 2 unspecified atom stereocenters. The second kappa shape index (κ2) is 5.54. The normalized spacial score (nSPS) is 23.7. The van der Waals surface area contributed by atoms with Crippen LogP contribution in [-0.2, 0) is 0 Å². The first-order valence-corrected chi connectivity index (χ1v) is 7.43. The van der Waals surface area contributed by atoms with Gasteiger partial charge in [0, 0.05) is 18.0 Å². The summed E-state index contributed by atoms with van der Waals surface area (Å²) in [5.74, 6) is 3.63. The SMILES string of the molecule is CCC(=Cc1ccc(C2CC2C)o1)CNC(C)(C)C. The highest BCUT2D eigenvalue weighted by atomic mass is 16.3. The maximum atomic E-state index is 5.94. The Labute approximate surface area is 117 Å². The molecule has 19 heavy (non-hydrogen) atoms. The van der Waals surface area contributed by atoms with E-state index in [0.29, 0.717) is 5.92 Å². The van der Waals surface area contributed by atoms with Gasteiger partial charge in [0.2, 0.25) is 0 Å². The predicted molar refractivity (Wildman–Crippen MR) is 81.3 cm³/mol. The fourth-order valence-corrected chi connectivity index (χ4v) is 2.22. The van der Waals surface area contributed by atoms with Crippen LogP contribution in [-0.4, -0.2) is 12.1 Å². The Morgan fingerprint density at radius 1 is 1.42 bits per heavy atom. The molecule has 2 heteroatoms. The molecule has 1 aromatic heterocycles. The molecule has 0 radical (unpaired) electrons. The molecular weight excluding hydrogens is 234 g/mol. The third-order valence-electron chi connectivity index (χ3n) is 3.77. The molecule has 0 aliphatic heterocycles. The van der Waals surface area contributed by atoms with E-state index < -0.39 is 0 Å². The van der Waals surface area contributed by atoms with Crippen molar-refractivity contribution in [1.29, 1.82) is 0 Å². The first-order valence-electron chi connectivity index (χ1n) is 7.43. The van der Waals surface area contributed by atoms with Gasteiger partial charge >= 0.3 is 0 Å². The number of nitrogens with one attached hydrogen (secondary N) is 1. The van der Waals surface area contributed by atoms with Crippen LogP contribution in [0.5, 0.6) is 0 Å². The van der Waals surface area contributed by atoms with Gasteiger partial charge in [-0.25, -0.2) is 0 Å². The number of furan rings is 1. The van der Waals surface area contributed by atoms with Crippen molar-refractivity contribution in [3.05, 3.63) is 29.2 Å². The summed E-state index contributed by atoms with van der Waals surface area (Å²) in [5, 5.41) is 3.53. The lowest BCUT2D eigenvalue weighted by Gasteiger charge is -2.21. The summed E-state index contributed by atoms with van der Waals surface area (Å²) in [4.78, 5) is 0. The zero-order chi connectivity index (χ0) is 14.0. The molecule has 2 nitrogen and oxygen atoms in total. The van der Waals surface area contributed by atoms with Crippen LogP contribution in [0.15, 0.2) is 22.1 Å². The lowest BCUT2D eigenvalue weighted by Crippen LogP contribution is -2.36. The molecule has 1 saturated carbocycles.